The molecule has 0 saturated heterocycles. The standard InChI is InChI=1S/C22H23N3O2S/c1-15(21(26)24-18-10-9-16-5-3-6-17(16)13-18)28-22-23-11-12-25(22)19-7-4-8-20(14-19)27-2/h4,7-15H,3,5-6H2,1-2H3,(H,24,26). The summed E-state index contributed by atoms with van der Waals surface area (Å²) in [5.74, 6) is 0.757. The van der Waals surface area contributed by atoms with Crippen molar-refractivity contribution in [1.82, 2.24) is 9.55 Å². The minimum atomic E-state index is -0.278. The molecule has 144 valence electrons. The number of carbonyl (C=O) groups excluding carboxylic acids is 1. The zero-order valence-electron chi connectivity index (χ0n) is 16.0. The minimum absolute atomic E-state index is 0.0249. The van der Waals surface area contributed by atoms with E-state index in [2.05, 4.69) is 22.4 Å². The molecule has 3 aromatic rings. The third-order valence-electron chi connectivity index (χ3n) is 4.96. The molecule has 0 bridgehead atoms. The highest BCUT2D eigenvalue weighted by atomic mass is 32.2. The Morgan fingerprint density at radius 1 is 1.21 bits per heavy atom. The molecule has 1 atom stereocenters. The van der Waals surface area contributed by atoms with E-state index in [4.69, 9.17) is 4.74 Å². The van der Waals surface area contributed by atoms with E-state index < -0.39 is 0 Å². The van der Waals surface area contributed by atoms with Gasteiger partial charge in [0.2, 0.25) is 5.91 Å². The van der Waals surface area contributed by atoms with Crippen molar-refractivity contribution in [3.63, 3.8) is 0 Å². The van der Waals surface area contributed by atoms with Crippen molar-refractivity contribution < 1.29 is 9.53 Å². The molecule has 1 aliphatic carbocycles. The highest BCUT2D eigenvalue weighted by Crippen LogP contribution is 2.28. The molecule has 0 radical (unpaired) electrons. The highest BCUT2D eigenvalue weighted by molar-refractivity contribution is 8.00. The van der Waals surface area contributed by atoms with Crippen LogP contribution in [0.25, 0.3) is 5.69 Å². The largest absolute Gasteiger partial charge is 0.497 e. The van der Waals surface area contributed by atoms with E-state index in [-0.39, 0.29) is 11.2 Å². The molecular formula is C22H23N3O2S. The number of thioether (sulfide) groups is 1. The monoisotopic (exact) mass is 393 g/mol. The number of hydrogen-bond acceptors (Lipinski definition) is 4. The summed E-state index contributed by atoms with van der Waals surface area (Å²) in [5.41, 5.74) is 4.58. The first-order valence-corrected chi connectivity index (χ1v) is 10.3. The van der Waals surface area contributed by atoms with Crippen molar-refractivity contribution in [3.05, 3.63) is 66.0 Å². The Morgan fingerprint density at radius 3 is 2.93 bits per heavy atom. The van der Waals surface area contributed by atoms with Crippen LogP contribution in [0.15, 0.2) is 60.0 Å². The van der Waals surface area contributed by atoms with Gasteiger partial charge in [-0.1, -0.05) is 23.9 Å². The van der Waals surface area contributed by atoms with Gasteiger partial charge in [-0.3, -0.25) is 9.36 Å². The Labute approximate surface area is 169 Å². The average Bonchev–Trinajstić information content (AvgIpc) is 3.36. The van der Waals surface area contributed by atoms with Crippen LogP contribution >= 0.6 is 11.8 Å². The number of amides is 1. The smallest absolute Gasteiger partial charge is 0.237 e. The molecular weight excluding hydrogens is 370 g/mol. The molecule has 28 heavy (non-hydrogen) atoms. The summed E-state index contributed by atoms with van der Waals surface area (Å²) in [5, 5.41) is 3.54. The van der Waals surface area contributed by atoms with Gasteiger partial charge in [0.25, 0.3) is 0 Å². The van der Waals surface area contributed by atoms with E-state index in [1.807, 2.05) is 48.0 Å². The fourth-order valence-electron chi connectivity index (χ4n) is 3.44. The summed E-state index contributed by atoms with van der Waals surface area (Å²) in [6.45, 7) is 1.90. The van der Waals surface area contributed by atoms with Gasteiger partial charge in [0.15, 0.2) is 5.16 Å². The van der Waals surface area contributed by atoms with E-state index in [0.717, 1.165) is 35.1 Å². The second-order valence-electron chi connectivity index (χ2n) is 6.87. The maximum atomic E-state index is 12.7. The van der Waals surface area contributed by atoms with Gasteiger partial charge in [-0.25, -0.2) is 4.98 Å². The number of anilines is 1. The minimum Gasteiger partial charge on any atom is -0.497 e. The predicted molar refractivity (Wildman–Crippen MR) is 113 cm³/mol. The lowest BCUT2D eigenvalue weighted by molar-refractivity contribution is -0.115. The molecule has 1 unspecified atom stereocenters. The molecule has 1 amide bonds. The van der Waals surface area contributed by atoms with Crippen molar-refractivity contribution in [2.45, 2.75) is 36.6 Å². The maximum absolute atomic E-state index is 12.7. The first-order valence-electron chi connectivity index (χ1n) is 9.41. The van der Waals surface area contributed by atoms with E-state index in [0.29, 0.717) is 0 Å². The van der Waals surface area contributed by atoms with E-state index in [1.54, 1.807) is 13.3 Å². The van der Waals surface area contributed by atoms with E-state index in [9.17, 15) is 4.79 Å². The van der Waals surface area contributed by atoms with Crippen LogP contribution in [0.1, 0.15) is 24.5 Å². The molecule has 1 aromatic heterocycles. The number of imidazole rings is 1. The van der Waals surface area contributed by atoms with Gasteiger partial charge in [0, 0.05) is 24.1 Å². The van der Waals surface area contributed by atoms with Crippen LogP contribution in [0.3, 0.4) is 0 Å². The van der Waals surface area contributed by atoms with Gasteiger partial charge in [0.05, 0.1) is 18.0 Å². The van der Waals surface area contributed by atoms with Crippen LogP contribution in [0.5, 0.6) is 5.75 Å². The lowest BCUT2D eigenvalue weighted by Crippen LogP contribution is -2.23. The number of fused-ring (bicyclic) bond motifs is 1. The number of nitrogens with one attached hydrogen (secondary N) is 1. The Kier molecular flexibility index (Phi) is 5.39. The second kappa shape index (κ2) is 8.10. The van der Waals surface area contributed by atoms with Crippen LogP contribution < -0.4 is 10.1 Å². The predicted octanol–water partition coefficient (Wildman–Crippen LogP) is 4.49. The van der Waals surface area contributed by atoms with Gasteiger partial charge < -0.3 is 10.1 Å². The van der Waals surface area contributed by atoms with Crippen molar-refractivity contribution in [1.29, 1.82) is 0 Å². The van der Waals surface area contributed by atoms with E-state index in [1.165, 1.54) is 29.3 Å². The molecule has 0 fully saturated rings. The topological polar surface area (TPSA) is 56.2 Å². The Hall–Kier alpha value is -2.73. The molecule has 1 aliphatic rings. The summed E-state index contributed by atoms with van der Waals surface area (Å²) in [6.07, 6.45) is 7.07. The van der Waals surface area contributed by atoms with Crippen LogP contribution in [-0.2, 0) is 17.6 Å². The fourth-order valence-corrected chi connectivity index (χ4v) is 4.32. The van der Waals surface area contributed by atoms with Gasteiger partial charge >= 0.3 is 0 Å². The van der Waals surface area contributed by atoms with Crippen molar-refractivity contribution >= 4 is 23.4 Å². The molecule has 1 N–H and O–H groups in total. The quantitative estimate of drug-likeness (QED) is 0.627. The third-order valence-corrected chi connectivity index (χ3v) is 6.04. The number of hydrogen-bond donors (Lipinski definition) is 1. The molecule has 4 rings (SSSR count). The molecule has 2 aromatic carbocycles. The fraction of sp³-hybridized carbons (Fsp3) is 0.273. The molecule has 6 heteroatoms. The van der Waals surface area contributed by atoms with Crippen LogP contribution in [0, 0.1) is 0 Å². The van der Waals surface area contributed by atoms with Crippen LogP contribution in [0.2, 0.25) is 0 Å². The first kappa shape index (κ1) is 18.6. The number of ether oxygens (including phenoxy) is 1. The normalized spacial score (nSPS) is 13.8. The summed E-state index contributed by atoms with van der Waals surface area (Å²) in [6, 6.07) is 14.0. The lowest BCUT2D eigenvalue weighted by atomic mass is 10.1. The molecule has 0 spiro atoms. The van der Waals surface area contributed by atoms with Crippen LogP contribution in [-0.4, -0.2) is 27.8 Å². The summed E-state index contributed by atoms with van der Waals surface area (Å²) >= 11 is 1.44. The number of methoxy groups -OCH3 is 1. The van der Waals surface area contributed by atoms with Crippen LogP contribution in [0.4, 0.5) is 5.69 Å². The molecule has 0 saturated carbocycles. The zero-order valence-corrected chi connectivity index (χ0v) is 16.8. The lowest BCUT2D eigenvalue weighted by Gasteiger charge is -2.14. The van der Waals surface area contributed by atoms with Crippen molar-refractivity contribution in [2.75, 3.05) is 12.4 Å². The third kappa shape index (κ3) is 3.92. The number of nitrogens with zero attached hydrogens (tertiary/aromatic N) is 2. The SMILES string of the molecule is COc1cccc(-n2ccnc2SC(C)C(=O)Nc2ccc3c(c2)CCC3)c1. The molecule has 0 aliphatic heterocycles. The molecule has 1 heterocycles. The van der Waals surface area contributed by atoms with Gasteiger partial charge in [-0.15, -0.1) is 0 Å². The Bertz CT molecular complexity index is 999. The number of carbonyl (C=O) groups is 1. The van der Waals surface area contributed by atoms with Gasteiger partial charge in [-0.2, -0.15) is 0 Å². The first-order chi connectivity index (χ1) is 13.6. The summed E-state index contributed by atoms with van der Waals surface area (Å²) in [4.78, 5) is 17.1. The summed E-state index contributed by atoms with van der Waals surface area (Å²) < 4.78 is 7.27. The molecule has 5 nitrogen and oxygen atoms in total. The number of benzene rings is 2. The van der Waals surface area contributed by atoms with E-state index >= 15 is 0 Å². The number of aryl methyl sites for hydroxylation is 2. The summed E-state index contributed by atoms with van der Waals surface area (Å²) in [7, 11) is 1.65. The maximum Gasteiger partial charge on any atom is 0.237 e. The van der Waals surface area contributed by atoms with Crippen molar-refractivity contribution in [3.8, 4) is 11.4 Å². The second-order valence-corrected chi connectivity index (χ2v) is 8.18. The Morgan fingerprint density at radius 2 is 2.07 bits per heavy atom. The zero-order chi connectivity index (χ0) is 19.5. The number of rotatable bonds is 6. The van der Waals surface area contributed by atoms with Gasteiger partial charge in [0.1, 0.15) is 5.75 Å². The van der Waals surface area contributed by atoms with Gasteiger partial charge in [-0.05, 0) is 61.6 Å². The highest BCUT2D eigenvalue weighted by Gasteiger charge is 2.19. The number of aromatic nitrogens is 2. The van der Waals surface area contributed by atoms with Crippen molar-refractivity contribution in [2.24, 2.45) is 0 Å². The Balaban J connectivity index is 1.46. The average molecular weight is 394 g/mol.